The molecule has 65 heavy (non-hydrogen) atoms. The second kappa shape index (κ2) is 14.8. The van der Waals surface area contributed by atoms with Crippen LogP contribution in [0.2, 0.25) is 0 Å². The minimum absolute atomic E-state index is 0.564. The van der Waals surface area contributed by atoms with Crippen LogP contribution >= 0.6 is 0 Å². The Morgan fingerprint density at radius 1 is 0.323 bits per heavy atom. The molecule has 0 atom stereocenters. The highest BCUT2D eigenvalue weighted by molar-refractivity contribution is 6.01. The monoisotopic (exact) mass is 830 g/mol. The molecule has 12 aromatic rings. The van der Waals surface area contributed by atoms with Crippen LogP contribution in [0.1, 0.15) is 22.3 Å². The molecule has 0 saturated heterocycles. The molecule has 2 heterocycles. The van der Waals surface area contributed by atoms with Gasteiger partial charge in [-0.2, -0.15) is 0 Å². The number of benzene rings is 10. The average molecular weight is 831 g/mol. The Bertz CT molecular complexity index is 3510. The lowest BCUT2D eigenvalue weighted by Crippen LogP contribution is -2.28. The molecule has 0 saturated carbocycles. The molecule has 0 unspecified atom stereocenters. The topological polar surface area (TPSA) is 52.1 Å². The van der Waals surface area contributed by atoms with Crippen LogP contribution < -0.4 is 0 Å². The van der Waals surface area contributed by atoms with E-state index in [0.29, 0.717) is 11.8 Å². The SMILES string of the molecule is c1ccc(C2(c3ccccc3)c3cc(-c4cc(-c5ccc(-c6nc7ccccc7o6)cc5)cc(-c5ccc(-c6nc7ccccc7o6)cc5)c4)ccc3-c3ccc4ccccc4c32)cc1. The van der Waals surface area contributed by atoms with Crippen LogP contribution in [0.4, 0.5) is 0 Å². The first-order valence-corrected chi connectivity index (χ1v) is 22.0. The van der Waals surface area contributed by atoms with Crippen molar-refractivity contribution in [2.45, 2.75) is 5.41 Å². The highest BCUT2D eigenvalue weighted by atomic mass is 16.4. The number of fused-ring (bicyclic) bond motifs is 7. The normalized spacial score (nSPS) is 12.7. The number of aromatic nitrogens is 2. The number of para-hydroxylation sites is 4. The number of oxazole rings is 2. The Morgan fingerprint density at radius 3 is 1.32 bits per heavy atom. The number of hydrogen-bond donors (Lipinski definition) is 0. The standard InChI is InChI=1S/C61H38N2O2/c1-3-14-48(15-4-1)61(49-16-5-2-6-17-49)53-38-44(32-33-51(53)52-34-31-41-13-7-8-18-50(41)58(52)61)47-36-45(39-23-27-42(28-24-39)59-62-54-19-9-11-21-56(54)64-59)35-46(37-47)40-25-29-43(30-26-40)60-63-55-20-10-12-22-57(55)65-60/h1-38H. The van der Waals surface area contributed by atoms with Crippen molar-refractivity contribution in [3.8, 4) is 67.4 Å². The highest BCUT2D eigenvalue weighted by Crippen LogP contribution is 2.58. The molecule has 13 rings (SSSR count). The minimum Gasteiger partial charge on any atom is -0.436 e. The van der Waals surface area contributed by atoms with Crippen LogP contribution in [0.15, 0.2) is 239 Å². The summed E-state index contributed by atoms with van der Waals surface area (Å²) in [5, 5.41) is 2.50. The van der Waals surface area contributed by atoms with E-state index in [4.69, 9.17) is 18.8 Å². The van der Waals surface area contributed by atoms with Crippen LogP contribution in [-0.2, 0) is 5.41 Å². The van der Waals surface area contributed by atoms with E-state index in [9.17, 15) is 0 Å². The molecule has 0 aliphatic heterocycles. The molecule has 0 radical (unpaired) electrons. The van der Waals surface area contributed by atoms with E-state index in [0.717, 1.165) is 66.7 Å². The van der Waals surface area contributed by atoms with E-state index < -0.39 is 5.41 Å². The summed E-state index contributed by atoms with van der Waals surface area (Å²) >= 11 is 0. The lowest BCUT2D eigenvalue weighted by Gasteiger charge is -2.35. The predicted molar refractivity (Wildman–Crippen MR) is 264 cm³/mol. The van der Waals surface area contributed by atoms with Crippen LogP contribution in [-0.4, -0.2) is 9.97 Å². The van der Waals surface area contributed by atoms with E-state index in [2.05, 4.69) is 182 Å². The molecular weight excluding hydrogens is 793 g/mol. The van der Waals surface area contributed by atoms with Gasteiger partial charge in [0.15, 0.2) is 11.2 Å². The van der Waals surface area contributed by atoms with Gasteiger partial charge in [-0.15, -0.1) is 0 Å². The second-order valence-corrected chi connectivity index (χ2v) is 16.9. The number of hydrogen-bond acceptors (Lipinski definition) is 4. The maximum atomic E-state index is 6.15. The molecule has 2 aromatic heterocycles. The van der Waals surface area contributed by atoms with Crippen LogP contribution in [0.3, 0.4) is 0 Å². The van der Waals surface area contributed by atoms with Gasteiger partial charge in [-0.05, 0) is 150 Å². The zero-order valence-electron chi connectivity index (χ0n) is 35.2. The summed E-state index contributed by atoms with van der Waals surface area (Å²) < 4.78 is 12.3. The van der Waals surface area contributed by atoms with Crippen molar-refractivity contribution in [3.05, 3.63) is 253 Å². The summed E-state index contributed by atoms with van der Waals surface area (Å²) in [7, 11) is 0. The Morgan fingerprint density at radius 2 is 0.769 bits per heavy atom. The van der Waals surface area contributed by atoms with Crippen molar-refractivity contribution < 1.29 is 8.83 Å². The molecule has 304 valence electrons. The first-order valence-electron chi connectivity index (χ1n) is 22.0. The number of rotatable bonds is 7. The fourth-order valence-corrected chi connectivity index (χ4v) is 10.2. The lowest BCUT2D eigenvalue weighted by molar-refractivity contribution is 0.619. The summed E-state index contributed by atoms with van der Waals surface area (Å²) in [6.45, 7) is 0. The molecule has 1 aliphatic carbocycles. The first-order chi connectivity index (χ1) is 32.2. The first kappa shape index (κ1) is 37.0. The second-order valence-electron chi connectivity index (χ2n) is 16.9. The Kier molecular flexibility index (Phi) is 8.40. The molecular formula is C61H38N2O2. The average Bonchev–Trinajstić information content (AvgIpc) is 4.10. The molecule has 0 N–H and O–H groups in total. The van der Waals surface area contributed by atoms with E-state index in [1.165, 1.54) is 44.2 Å². The van der Waals surface area contributed by atoms with Gasteiger partial charge in [-0.1, -0.05) is 158 Å². The van der Waals surface area contributed by atoms with Crippen molar-refractivity contribution >= 4 is 33.0 Å². The Balaban J connectivity index is 0.993. The molecule has 4 nitrogen and oxygen atoms in total. The molecule has 0 bridgehead atoms. The minimum atomic E-state index is -0.564. The lowest BCUT2D eigenvalue weighted by atomic mass is 9.66. The van der Waals surface area contributed by atoms with Gasteiger partial charge in [0.2, 0.25) is 11.8 Å². The zero-order chi connectivity index (χ0) is 42.9. The van der Waals surface area contributed by atoms with Crippen molar-refractivity contribution in [2.24, 2.45) is 0 Å². The van der Waals surface area contributed by atoms with Gasteiger partial charge < -0.3 is 8.83 Å². The fourth-order valence-electron chi connectivity index (χ4n) is 10.2. The van der Waals surface area contributed by atoms with Gasteiger partial charge in [-0.3, -0.25) is 0 Å². The van der Waals surface area contributed by atoms with Crippen LogP contribution in [0.5, 0.6) is 0 Å². The molecule has 0 fully saturated rings. The van der Waals surface area contributed by atoms with Crippen molar-refractivity contribution in [2.75, 3.05) is 0 Å². The van der Waals surface area contributed by atoms with Gasteiger partial charge >= 0.3 is 0 Å². The number of nitrogens with zero attached hydrogens (tertiary/aromatic N) is 2. The van der Waals surface area contributed by atoms with Crippen LogP contribution in [0.25, 0.3) is 100 Å². The molecule has 0 spiro atoms. The van der Waals surface area contributed by atoms with Crippen molar-refractivity contribution in [1.29, 1.82) is 0 Å². The summed E-state index contributed by atoms with van der Waals surface area (Å²) in [6, 6.07) is 82.5. The van der Waals surface area contributed by atoms with Gasteiger partial charge in [0.1, 0.15) is 11.0 Å². The summed E-state index contributed by atoms with van der Waals surface area (Å²) in [5.74, 6) is 1.22. The maximum absolute atomic E-state index is 6.15. The van der Waals surface area contributed by atoms with Crippen LogP contribution in [0, 0.1) is 0 Å². The largest absolute Gasteiger partial charge is 0.436 e. The molecule has 4 heteroatoms. The fraction of sp³-hybridized carbons (Fsp3) is 0.0164. The molecule has 10 aromatic carbocycles. The smallest absolute Gasteiger partial charge is 0.227 e. The third-order valence-electron chi connectivity index (χ3n) is 13.2. The maximum Gasteiger partial charge on any atom is 0.227 e. The molecule has 1 aliphatic rings. The predicted octanol–water partition coefficient (Wildman–Crippen LogP) is 15.8. The Hall–Kier alpha value is -8.60. The van der Waals surface area contributed by atoms with E-state index in [1.807, 2.05) is 48.5 Å². The third-order valence-corrected chi connectivity index (χ3v) is 13.2. The third kappa shape index (κ3) is 5.99. The highest BCUT2D eigenvalue weighted by Gasteiger charge is 2.47. The van der Waals surface area contributed by atoms with Gasteiger partial charge in [0.25, 0.3) is 0 Å². The molecule has 0 amide bonds. The zero-order valence-corrected chi connectivity index (χ0v) is 35.2. The quantitative estimate of drug-likeness (QED) is 0.161. The summed E-state index contributed by atoms with van der Waals surface area (Å²) in [4.78, 5) is 9.54. The van der Waals surface area contributed by atoms with Crippen molar-refractivity contribution in [1.82, 2.24) is 9.97 Å². The van der Waals surface area contributed by atoms with E-state index >= 15 is 0 Å². The van der Waals surface area contributed by atoms with E-state index in [-0.39, 0.29) is 0 Å². The van der Waals surface area contributed by atoms with E-state index in [1.54, 1.807) is 0 Å². The van der Waals surface area contributed by atoms with Gasteiger partial charge in [0.05, 0.1) is 5.41 Å². The van der Waals surface area contributed by atoms with Gasteiger partial charge in [-0.25, -0.2) is 9.97 Å². The Labute approximate surface area is 375 Å². The summed E-state index contributed by atoms with van der Waals surface area (Å²) in [6.07, 6.45) is 0. The van der Waals surface area contributed by atoms with Crippen molar-refractivity contribution in [3.63, 3.8) is 0 Å². The van der Waals surface area contributed by atoms with Gasteiger partial charge in [0, 0.05) is 11.1 Å². The summed E-state index contributed by atoms with van der Waals surface area (Å²) in [5.41, 5.74) is 18.8.